The van der Waals surface area contributed by atoms with Crippen LogP contribution in [0.1, 0.15) is 22.3 Å². The van der Waals surface area contributed by atoms with E-state index in [0.717, 1.165) is 36.3 Å². The van der Waals surface area contributed by atoms with Crippen LogP contribution in [0.3, 0.4) is 0 Å². The highest BCUT2D eigenvalue weighted by atomic mass is 32.2. The van der Waals surface area contributed by atoms with Gasteiger partial charge in [0.05, 0.1) is 42.7 Å². The highest BCUT2D eigenvalue weighted by Crippen LogP contribution is 2.21. The Labute approximate surface area is 155 Å². The lowest BCUT2D eigenvalue weighted by molar-refractivity contribution is -0.917. The van der Waals surface area contributed by atoms with E-state index in [1.165, 1.54) is 4.90 Å². The standard InChI is InChI=1S/C20H23N3O2S/c1-16-6-7-20(17(2)12-16)26(24,25)23-10-8-22(9-11-23)15-19-5-3-4-18(13-19)14-21/h3-7,12-13H,8-11,15H2,1-2H3/p+1. The highest BCUT2D eigenvalue weighted by molar-refractivity contribution is 7.89. The summed E-state index contributed by atoms with van der Waals surface area (Å²) in [5.74, 6) is 0. The first kappa shape index (κ1) is 18.6. The summed E-state index contributed by atoms with van der Waals surface area (Å²) in [5.41, 5.74) is 3.64. The third-order valence-corrected chi connectivity index (χ3v) is 6.95. The predicted molar refractivity (Wildman–Crippen MR) is 100 cm³/mol. The first-order valence-corrected chi connectivity index (χ1v) is 10.2. The monoisotopic (exact) mass is 370 g/mol. The number of nitriles is 1. The van der Waals surface area contributed by atoms with Crippen molar-refractivity contribution in [3.05, 3.63) is 64.7 Å². The maximum Gasteiger partial charge on any atom is 0.243 e. The minimum atomic E-state index is -3.44. The van der Waals surface area contributed by atoms with Crippen LogP contribution >= 0.6 is 0 Å². The number of aryl methyl sites for hydroxylation is 2. The number of hydrogen-bond donors (Lipinski definition) is 1. The molecule has 0 aliphatic carbocycles. The Morgan fingerprint density at radius 3 is 2.50 bits per heavy atom. The van der Waals surface area contributed by atoms with E-state index in [0.29, 0.717) is 23.5 Å². The van der Waals surface area contributed by atoms with E-state index in [9.17, 15) is 8.42 Å². The fraction of sp³-hybridized carbons (Fsp3) is 0.350. The number of nitrogens with one attached hydrogen (secondary N) is 1. The maximum atomic E-state index is 12.9. The largest absolute Gasteiger partial charge is 0.329 e. The Bertz CT molecular complexity index is 940. The Morgan fingerprint density at radius 2 is 1.85 bits per heavy atom. The molecule has 2 aromatic carbocycles. The number of sulfonamides is 1. The van der Waals surface area contributed by atoms with Gasteiger partial charge in [0.25, 0.3) is 0 Å². The lowest BCUT2D eigenvalue weighted by Gasteiger charge is -2.32. The molecule has 0 spiro atoms. The van der Waals surface area contributed by atoms with Crippen LogP contribution in [-0.4, -0.2) is 38.9 Å². The van der Waals surface area contributed by atoms with Crippen LogP contribution in [0.4, 0.5) is 0 Å². The van der Waals surface area contributed by atoms with Gasteiger partial charge in [-0.2, -0.15) is 9.57 Å². The zero-order chi connectivity index (χ0) is 18.7. The van der Waals surface area contributed by atoms with Crippen LogP contribution in [0.25, 0.3) is 0 Å². The predicted octanol–water partition coefficient (Wildman–Crippen LogP) is 1.26. The van der Waals surface area contributed by atoms with E-state index >= 15 is 0 Å². The maximum absolute atomic E-state index is 12.9. The molecule has 3 rings (SSSR count). The molecule has 0 radical (unpaired) electrons. The second kappa shape index (κ2) is 7.58. The summed E-state index contributed by atoms with van der Waals surface area (Å²) in [6.45, 7) is 7.19. The van der Waals surface area contributed by atoms with Crippen molar-refractivity contribution in [3.8, 4) is 6.07 Å². The van der Waals surface area contributed by atoms with Crippen molar-refractivity contribution < 1.29 is 13.3 Å². The van der Waals surface area contributed by atoms with Gasteiger partial charge >= 0.3 is 0 Å². The second-order valence-electron chi connectivity index (χ2n) is 6.91. The van der Waals surface area contributed by atoms with Crippen molar-refractivity contribution in [2.75, 3.05) is 26.2 Å². The second-order valence-corrected chi connectivity index (χ2v) is 8.82. The molecule has 2 aromatic rings. The lowest BCUT2D eigenvalue weighted by Crippen LogP contribution is -3.13. The van der Waals surface area contributed by atoms with Gasteiger partial charge in [-0.3, -0.25) is 0 Å². The summed E-state index contributed by atoms with van der Waals surface area (Å²) in [6.07, 6.45) is 0. The molecule has 1 N–H and O–H groups in total. The molecule has 1 fully saturated rings. The van der Waals surface area contributed by atoms with Crippen molar-refractivity contribution in [2.45, 2.75) is 25.3 Å². The van der Waals surface area contributed by atoms with E-state index in [-0.39, 0.29) is 0 Å². The Kier molecular flexibility index (Phi) is 5.42. The highest BCUT2D eigenvalue weighted by Gasteiger charge is 2.31. The van der Waals surface area contributed by atoms with Crippen LogP contribution in [-0.2, 0) is 16.6 Å². The molecular weight excluding hydrogens is 346 g/mol. The van der Waals surface area contributed by atoms with Gasteiger partial charge in [-0.15, -0.1) is 0 Å². The summed E-state index contributed by atoms with van der Waals surface area (Å²) < 4.78 is 27.5. The van der Waals surface area contributed by atoms with E-state index in [2.05, 4.69) is 6.07 Å². The molecule has 5 nitrogen and oxygen atoms in total. The van der Waals surface area contributed by atoms with Gasteiger partial charge in [-0.25, -0.2) is 8.42 Å². The quantitative estimate of drug-likeness (QED) is 0.881. The average molecular weight is 370 g/mol. The summed E-state index contributed by atoms with van der Waals surface area (Å²) in [4.78, 5) is 1.75. The summed E-state index contributed by atoms with van der Waals surface area (Å²) in [5, 5.41) is 9.01. The molecule has 1 heterocycles. The van der Waals surface area contributed by atoms with Crippen LogP contribution in [0, 0.1) is 25.2 Å². The Morgan fingerprint density at radius 1 is 1.12 bits per heavy atom. The molecule has 0 atom stereocenters. The van der Waals surface area contributed by atoms with Crippen LogP contribution in [0.2, 0.25) is 0 Å². The van der Waals surface area contributed by atoms with E-state index in [1.807, 2.05) is 44.2 Å². The van der Waals surface area contributed by atoms with Gasteiger partial charge in [0.2, 0.25) is 10.0 Å². The molecule has 0 unspecified atom stereocenters. The molecule has 26 heavy (non-hydrogen) atoms. The first-order valence-electron chi connectivity index (χ1n) is 8.80. The van der Waals surface area contributed by atoms with E-state index in [4.69, 9.17) is 5.26 Å². The summed E-state index contributed by atoms with van der Waals surface area (Å²) >= 11 is 0. The first-order chi connectivity index (χ1) is 12.4. The number of rotatable bonds is 4. The third-order valence-electron chi connectivity index (χ3n) is 4.89. The molecule has 1 saturated heterocycles. The number of piperazine rings is 1. The van der Waals surface area contributed by atoms with Gasteiger partial charge in [0, 0.05) is 5.56 Å². The molecule has 0 aromatic heterocycles. The number of quaternary nitrogens is 1. The molecule has 0 amide bonds. The van der Waals surface area contributed by atoms with Crippen molar-refractivity contribution in [2.24, 2.45) is 0 Å². The SMILES string of the molecule is Cc1ccc(S(=O)(=O)N2CC[NH+](Cc3cccc(C#N)c3)CC2)c(C)c1. The molecule has 0 saturated carbocycles. The smallest absolute Gasteiger partial charge is 0.243 e. The molecule has 1 aliphatic rings. The lowest BCUT2D eigenvalue weighted by atomic mass is 10.1. The number of benzene rings is 2. The molecule has 6 heteroatoms. The van der Waals surface area contributed by atoms with Crippen molar-refractivity contribution in [3.63, 3.8) is 0 Å². The third kappa shape index (κ3) is 3.96. The molecule has 0 bridgehead atoms. The van der Waals surface area contributed by atoms with Gasteiger partial charge in [-0.05, 0) is 37.6 Å². The zero-order valence-corrected chi connectivity index (χ0v) is 16.0. The zero-order valence-electron chi connectivity index (χ0n) is 15.2. The number of nitrogens with zero attached hydrogens (tertiary/aromatic N) is 2. The average Bonchev–Trinajstić information content (AvgIpc) is 2.62. The molecule has 136 valence electrons. The van der Waals surface area contributed by atoms with Gasteiger partial charge < -0.3 is 4.90 Å². The topological polar surface area (TPSA) is 65.6 Å². The normalized spacial score (nSPS) is 16.3. The molecular formula is C20H24N3O2S+. The summed E-state index contributed by atoms with van der Waals surface area (Å²) in [6, 6.07) is 15.3. The van der Waals surface area contributed by atoms with Gasteiger partial charge in [-0.1, -0.05) is 29.8 Å². The summed E-state index contributed by atoms with van der Waals surface area (Å²) in [7, 11) is -3.44. The van der Waals surface area contributed by atoms with Crippen molar-refractivity contribution in [1.29, 1.82) is 5.26 Å². The van der Waals surface area contributed by atoms with E-state index < -0.39 is 10.0 Å². The van der Waals surface area contributed by atoms with Crippen molar-refractivity contribution >= 4 is 10.0 Å². The molecule has 1 aliphatic heterocycles. The fourth-order valence-corrected chi connectivity index (χ4v) is 5.13. The van der Waals surface area contributed by atoms with Crippen LogP contribution in [0.15, 0.2) is 47.4 Å². The van der Waals surface area contributed by atoms with Gasteiger partial charge in [0.1, 0.15) is 6.54 Å². The fourth-order valence-electron chi connectivity index (χ4n) is 3.49. The van der Waals surface area contributed by atoms with E-state index in [1.54, 1.807) is 16.4 Å². The Balaban J connectivity index is 1.67. The Hall–Kier alpha value is -2.20. The number of hydrogen-bond acceptors (Lipinski definition) is 3. The minimum absolute atomic E-state index is 0.410. The minimum Gasteiger partial charge on any atom is -0.329 e. The van der Waals surface area contributed by atoms with Crippen molar-refractivity contribution in [1.82, 2.24) is 4.31 Å². The van der Waals surface area contributed by atoms with Crippen LogP contribution < -0.4 is 4.90 Å². The van der Waals surface area contributed by atoms with Gasteiger partial charge in [0.15, 0.2) is 0 Å². The van der Waals surface area contributed by atoms with Crippen LogP contribution in [0.5, 0.6) is 0 Å².